The molecule has 51 valence electrons. The van der Waals surface area contributed by atoms with E-state index in [1.165, 1.54) is 6.42 Å². The first-order chi connectivity index (χ1) is 4.31. The summed E-state index contributed by atoms with van der Waals surface area (Å²) in [5, 5.41) is 0. The van der Waals surface area contributed by atoms with E-state index in [-0.39, 0.29) is 0 Å². The minimum absolute atomic E-state index is 0.742. The van der Waals surface area contributed by atoms with Gasteiger partial charge in [0.1, 0.15) is 0 Å². The smallest absolute Gasteiger partial charge is 0.00911 e. The molecule has 0 N–H and O–H groups in total. The largest absolute Gasteiger partial charge is 0.107 e. The fourth-order valence-electron chi connectivity index (χ4n) is 0.588. The van der Waals surface area contributed by atoms with Crippen molar-refractivity contribution in [3.05, 3.63) is 6.92 Å². The molecule has 0 fully saturated rings. The maximum atomic E-state index is 3.82. The van der Waals surface area contributed by atoms with Crippen LogP contribution in [0.3, 0.4) is 0 Å². The maximum absolute atomic E-state index is 3.82. The van der Waals surface area contributed by atoms with E-state index >= 15 is 0 Å². The van der Waals surface area contributed by atoms with Crippen LogP contribution in [-0.4, -0.2) is 0 Å². The molecule has 0 spiro atoms. The Morgan fingerprint density at radius 3 is 2.67 bits per heavy atom. The minimum atomic E-state index is 0.742. The molecule has 0 aliphatic carbocycles. The first-order valence-electron chi connectivity index (χ1n) is 3.50. The van der Waals surface area contributed by atoms with Crippen LogP contribution in [0.2, 0.25) is 0 Å². The third kappa shape index (κ3) is 5.43. The molecule has 9 heavy (non-hydrogen) atoms. The van der Waals surface area contributed by atoms with Crippen molar-refractivity contribution in [3.63, 3.8) is 0 Å². The zero-order chi connectivity index (χ0) is 7.11. The molecule has 0 aliphatic heterocycles. The second kappa shape index (κ2) is 5.69. The van der Waals surface area contributed by atoms with Crippen LogP contribution in [0, 0.1) is 24.7 Å². The van der Waals surface area contributed by atoms with Gasteiger partial charge in [-0.15, -0.1) is 11.8 Å². The molecule has 0 heterocycles. The van der Waals surface area contributed by atoms with Gasteiger partial charge in [-0.1, -0.05) is 20.3 Å². The Bertz CT molecular complexity index is 103. The second-order valence-corrected chi connectivity index (χ2v) is 2.36. The van der Waals surface area contributed by atoms with E-state index in [1.807, 2.05) is 6.92 Å². The summed E-state index contributed by atoms with van der Waals surface area (Å²) in [7, 11) is 0. The van der Waals surface area contributed by atoms with Crippen LogP contribution in [0.15, 0.2) is 0 Å². The Kier molecular flexibility index (Phi) is 5.41. The molecule has 0 aromatic heterocycles. The lowest BCUT2D eigenvalue weighted by Crippen LogP contribution is -1.89. The minimum Gasteiger partial charge on any atom is -0.107 e. The first-order valence-corrected chi connectivity index (χ1v) is 3.50. The molecule has 1 radical (unpaired) electrons. The van der Waals surface area contributed by atoms with Crippen LogP contribution in [0.1, 0.15) is 33.1 Å². The zero-order valence-electron chi connectivity index (χ0n) is 6.41. The summed E-state index contributed by atoms with van der Waals surface area (Å²) >= 11 is 0. The van der Waals surface area contributed by atoms with Crippen LogP contribution in [0.4, 0.5) is 0 Å². The van der Waals surface area contributed by atoms with Crippen molar-refractivity contribution in [1.82, 2.24) is 0 Å². The summed E-state index contributed by atoms with van der Waals surface area (Å²) in [4.78, 5) is 0. The predicted octanol–water partition coefficient (Wildman–Crippen LogP) is 2.65. The summed E-state index contributed by atoms with van der Waals surface area (Å²) in [6.07, 6.45) is 3.27. The normalized spacial score (nSPS) is 11.9. The average molecular weight is 123 g/mol. The summed E-state index contributed by atoms with van der Waals surface area (Å²) in [6.45, 7) is 7.91. The Morgan fingerprint density at radius 1 is 1.56 bits per heavy atom. The molecular weight excluding hydrogens is 108 g/mol. The van der Waals surface area contributed by atoms with Gasteiger partial charge < -0.3 is 0 Å². The quantitative estimate of drug-likeness (QED) is 0.506. The fourth-order valence-corrected chi connectivity index (χ4v) is 0.588. The maximum Gasteiger partial charge on any atom is 0.00911 e. The van der Waals surface area contributed by atoms with E-state index in [4.69, 9.17) is 0 Å². The fraction of sp³-hybridized carbons (Fsp3) is 0.667. The molecule has 0 saturated heterocycles. The molecule has 0 bridgehead atoms. The van der Waals surface area contributed by atoms with Gasteiger partial charge >= 0.3 is 0 Å². The highest BCUT2D eigenvalue weighted by atomic mass is 14.0. The SMILES string of the molecule is [CH2]CC(C)CCC#CC. The van der Waals surface area contributed by atoms with Crippen molar-refractivity contribution >= 4 is 0 Å². The molecule has 0 nitrogen and oxygen atoms in total. The van der Waals surface area contributed by atoms with E-state index in [9.17, 15) is 0 Å². The highest BCUT2D eigenvalue weighted by molar-refractivity contribution is 4.94. The number of hydrogen-bond acceptors (Lipinski definition) is 0. The summed E-state index contributed by atoms with van der Waals surface area (Å²) in [5.74, 6) is 6.65. The predicted molar refractivity (Wildman–Crippen MR) is 41.8 cm³/mol. The third-order valence-corrected chi connectivity index (χ3v) is 1.43. The lowest BCUT2D eigenvalue weighted by atomic mass is 10.0. The van der Waals surface area contributed by atoms with Crippen molar-refractivity contribution < 1.29 is 0 Å². The first kappa shape index (κ1) is 8.56. The molecule has 0 saturated carbocycles. The molecule has 0 amide bonds. The van der Waals surface area contributed by atoms with Gasteiger partial charge in [-0.05, 0) is 19.3 Å². The van der Waals surface area contributed by atoms with E-state index < -0.39 is 0 Å². The van der Waals surface area contributed by atoms with E-state index in [0.717, 1.165) is 18.8 Å². The van der Waals surface area contributed by atoms with Gasteiger partial charge in [-0.3, -0.25) is 0 Å². The van der Waals surface area contributed by atoms with Gasteiger partial charge in [0.05, 0.1) is 0 Å². The van der Waals surface area contributed by atoms with Crippen molar-refractivity contribution in [1.29, 1.82) is 0 Å². The van der Waals surface area contributed by atoms with Crippen LogP contribution >= 0.6 is 0 Å². The molecule has 0 rings (SSSR count). The van der Waals surface area contributed by atoms with Crippen molar-refractivity contribution in [2.45, 2.75) is 33.1 Å². The highest BCUT2D eigenvalue weighted by Gasteiger charge is 1.94. The van der Waals surface area contributed by atoms with E-state index in [1.54, 1.807) is 0 Å². The van der Waals surface area contributed by atoms with Gasteiger partial charge in [0.15, 0.2) is 0 Å². The number of hydrogen-bond donors (Lipinski definition) is 0. The van der Waals surface area contributed by atoms with Crippen LogP contribution in [0.5, 0.6) is 0 Å². The van der Waals surface area contributed by atoms with Crippen molar-refractivity contribution in [2.75, 3.05) is 0 Å². The lowest BCUT2D eigenvalue weighted by Gasteiger charge is -2.02. The standard InChI is InChI=1S/C9H15/c1-4-6-7-8-9(3)5-2/h9H,2,5,7-8H2,1,3H3. The Hall–Kier alpha value is -0.440. The van der Waals surface area contributed by atoms with Crippen molar-refractivity contribution in [3.8, 4) is 11.8 Å². The Balaban J connectivity index is 3.13. The van der Waals surface area contributed by atoms with Gasteiger partial charge in [-0.2, -0.15) is 0 Å². The van der Waals surface area contributed by atoms with Crippen molar-refractivity contribution in [2.24, 2.45) is 5.92 Å². The molecule has 0 aromatic carbocycles. The second-order valence-electron chi connectivity index (χ2n) is 2.36. The number of rotatable bonds is 3. The average Bonchev–Trinajstić information content (AvgIpc) is 1.89. The molecule has 1 unspecified atom stereocenters. The van der Waals surface area contributed by atoms with Gasteiger partial charge in [0.25, 0.3) is 0 Å². The third-order valence-electron chi connectivity index (χ3n) is 1.43. The zero-order valence-corrected chi connectivity index (χ0v) is 6.41. The topological polar surface area (TPSA) is 0 Å². The van der Waals surface area contributed by atoms with Gasteiger partial charge in [0.2, 0.25) is 0 Å². The highest BCUT2D eigenvalue weighted by Crippen LogP contribution is 2.07. The Morgan fingerprint density at radius 2 is 2.22 bits per heavy atom. The van der Waals surface area contributed by atoms with Gasteiger partial charge in [0, 0.05) is 6.42 Å². The van der Waals surface area contributed by atoms with Crippen LogP contribution in [-0.2, 0) is 0 Å². The van der Waals surface area contributed by atoms with Gasteiger partial charge in [-0.25, -0.2) is 0 Å². The summed E-state index contributed by atoms with van der Waals surface area (Å²) < 4.78 is 0. The summed E-state index contributed by atoms with van der Waals surface area (Å²) in [5.41, 5.74) is 0. The van der Waals surface area contributed by atoms with Crippen LogP contribution in [0.25, 0.3) is 0 Å². The lowest BCUT2D eigenvalue weighted by molar-refractivity contribution is 0.549. The molecule has 0 aromatic rings. The van der Waals surface area contributed by atoms with E-state index in [0.29, 0.717) is 0 Å². The summed E-state index contributed by atoms with van der Waals surface area (Å²) in [6, 6.07) is 0. The molecular formula is C9H15. The molecule has 0 heteroatoms. The van der Waals surface area contributed by atoms with E-state index in [2.05, 4.69) is 25.7 Å². The molecule has 0 aliphatic rings. The Labute approximate surface area is 58.7 Å². The molecule has 1 atom stereocenters. The monoisotopic (exact) mass is 123 g/mol. The van der Waals surface area contributed by atoms with Crippen LogP contribution < -0.4 is 0 Å².